The van der Waals surface area contributed by atoms with Crippen molar-refractivity contribution >= 4 is 35.7 Å². The Kier molecular flexibility index (Phi) is 24.8. The van der Waals surface area contributed by atoms with Crippen LogP contribution in [0.4, 0.5) is 0 Å². The fourth-order valence-electron chi connectivity index (χ4n) is 12.9. The maximum absolute atomic E-state index is 14.7. The number of aryl methyl sites for hydroxylation is 1. The molecule has 0 spiro atoms. The van der Waals surface area contributed by atoms with E-state index in [9.17, 15) is 35.1 Å². The quantitative estimate of drug-likeness (QED) is 0.0416. The first-order valence-electron chi connectivity index (χ1n) is 30.1. The van der Waals surface area contributed by atoms with Crippen molar-refractivity contribution in [1.82, 2.24) is 9.80 Å². The molecule has 3 aromatic rings. The lowest BCUT2D eigenvalue weighted by Gasteiger charge is -2.48. The summed E-state index contributed by atoms with van der Waals surface area (Å²) in [5.74, 6) is -3.27. The van der Waals surface area contributed by atoms with Crippen molar-refractivity contribution in [1.29, 1.82) is 0 Å². The zero-order valence-corrected chi connectivity index (χ0v) is 51.9. The normalized spacial score (nSPS) is 35.8. The van der Waals surface area contributed by atoms with Crippen molar-refractivity contribution in [3.05, 3.63) is 90.5 Å². The van der Waals surface area contributed by atoms with Gasteiger partial charge < -0.3 is 63.8 Å². The predicted octanol–water partition coefficient (Wildman–Crippen LogP) is 7.92. The number of carbonyl (C=O) groups excluding carboxylic acids is 2. The number of aliphatic hydroxyl groups excluding tert-OH is 3. The SMILES string of the molecule is CC[C@H]1OC(=O)[C@H](C)[C@@H](O[C@H]2C[C@@](C)(OC)[C@@H](O)[C@H](C)O2)[C@H](C)[C@@H](O[C@@H]2O[C@H](C)C[C@H](N(C)C)[C@H]2O)[C@](C)(O)C[C@@H](C)CN(C(=O)CCCCCCCCCc2ccc(P(c3ccccc3)c3ccccc3)cc2)[C@H](C)[C@@H](O)[C@]1(C)O. The van der Waals surface area contributed by atoms with Crippen LogP contribution in [0.15, 0.2) is 84.9 Å². The standard InChI is InChI=1S/C65H101N2O13P/c1-14-53-65(10,74)58(70)46(6)67(54(68)33-27-19-17-15-16-18-22-28-48-34-36-51(37-35-48)81(49-29-23-20-24-30-49)50-31-25-21-26-32-50)41-42(2)39-63(8,73)60(80-62-56(69)52(66(11)12)38-43(3)76-62)44(4)57(45(5)61(72)78-53)79-55-40-64(9,75-13)59(71)47(7)77-55/h20-21,23-26,29-32,34-37,42-47,52-53,55-60,62,69-71,73-74H,14-19,22,27-28,33,38-41H2,1-13H3/t42-,43-,44+,45-,46-,47+,52+,53-,55+,56-,57+,58-,59+,60-,62+,63-,64-,65-/m1/s1. The number of esters is 1. The molecule has 1 amide bonds. The number of cyclic esters (lactones) is 1. The summed E-state index contributed by atoms with van der Waals surface area (Å²) in [5.41, 5.74) is -3.44. The molecule has 81 heavy (non-hydrogen) atoms. The molecule has 16 heteroatoms. The summed E-state index contributed by atoms with van der Waals surface area (Å²) in [5, 5.41) is 64.4. The molecular weight excluding hydrogens is 1050 g/mol. The Morgan fingerprint density at radius 2 is 1.32 bits per heavy atom. The van der Waals surface area contributed by atoms with E-state index in [2.05, 4.69) is 84.9 Å². The first-order valence-corrected chi connectivity index (χ1v) is 31.5. The number of rotatable bonds is 20. The highest BCUT2D eigenvalue weighted by molar-refractivity contribution is 7.79. The number of nitrogens with zero attached hydrogens (tertiary/aromatic N) is 2. The summed E-state index contributed by atoms with van der Waals surface area (Å²) in [7, 11) is 4.63. The molecule has 18 atom stereocenters. The fraction of sp³-hybridized carbons (Fsp3) is 0.692. The molecule has 3 aliphatic heterocycles. The van der Waals surface area contributed by atoms with Crippen molar-refractivity contribution < 1.29 is 63.5 Å². The van der Waals surface area contributed by atoms with Gasteiger partial charge in [0.25, 0.3) is 0 Å². The van der Waals surface area contributed by atoms with Crippen molar-refractivity contribution in [3.8, 4) is 0 Å². The molecule has 0 radical (unpaired) electrons. The van der Waals surface area contributed by atoms with Crippen molar-refractivity contribution in [2.75, 3.05) is 27.7 Å². The molecule has 5 N–H and O–H groups in total. The van der Waals surface area contributed by atoms with Gasteiger partial charge in [-0.25, -0.2) is 0 Å². The Labute approximate surface area is 486 Å². The smallest absolute Gasteiger partial charge is 0.311 e. The Morgan fingerprint density at radius 1 is 0.753 bits per heavy atom. The predicted molar refractivity (Wildman–Crippen MR) is 319 cm³/mol. The highest BCUT2D eigenvalue weighted by Gasteiger charge is 2.53. The third-order valence-corrected chi connectivity index (χ3v) is 20.3. The number of benzene rings is 3. The molecule has 0 saturated carbocycles. The number of likely N-dealkylation sites (N-methyl/N-ethyl adjacent to an activating group) is 1. The van der Waals surface area contributed by atoms with E-state index in [1.54, 1.807) is 53.4 Å². The number of aliphatic hydroxyl groups is 5. The number of methoxy groups -OCH3 is 1. The molecular formula is C65H101N2O13P. The van der Waals surface area contributed by atoms with Gasteiger partial charge in [-0.05, 0) is 136 Å². The Hall–Kier alpha value is -3.41. The van der Waals surface area contributed by atoms with E-state index in [-0.39, 0.29) is 50.3 Å². The van der Waals surface area contributed by atoms with Gasteiger partial charge in [0.1, 0.15) is 30.0 Å². The summed E-state index contributed by atoms with van der Waals surface area (Å²) in [6.07, 6.45) is -1.36. The van der Waals surface area contributed by atoms with Gasteiger partial charge in [-0.1, -0.05) is 138 Å². The van der Waals surface area contributed by atoms with Crippen LogP contribution in [-0.2, 0) is 44.4 Å². The van der Waals surface area contributed by atoms with Crippen molar-refractivity contribution in [2.24, 2.45) is 17.8 Å². The molecule has 454 valence electrons. The Morgan fingerprint density at radius 3 is 1.89 bits per heavy atom. The van der Waals surface area contributed by atoms with Gasteiger partial charge in [-0.3, -0.25) is 9.59 Å². The molecule has 3 aromatic carbocycles. The minimum Gasteiger partial charge on any atom is -0.459 e. The van der Waals surface area contributed by atoms with Crippen molar-refractivity contribution in [3.63, 3.8) is 0 Å². The first-order chi connectivity index (χ1) is 38.3. The monoisotopic (exact) mass is 1150 g/mol. The summed E-state index contributed by atoms with van der Waals surface area (Å²) in [4.78, 5) is 32.8. The van der Waals surface area contributed by atoms with Crippen LogP contribution < -0.4 is 15.9 Å². The van der Waals surface area contributed by atoms with Crippen LogP contribution in [0.3, 0.4) is 0 Å². The summed E-state index contributed by atoms with van der Waals surface area (Å²) < 4.78 is 38.2. The number of amides is 1. The molecule has 15 nitrogen and oxygen atoms in total. The first kappa shape index (κ1) is 66.7. The van der Waals surface area contributed by atoms with Gasteiger partial charge >= 0.3 is 5.97 Å². The number of hydrogen-bond acceptors (Lipinski definition) is 14. The second kappa shape index (κ2) is 30.1. The van der Waals surface area contributed by atoms with E-state index in [1.807, 2.05) is 32.8 Å². The van der Waals surface area contributed by atoms with Gasteiger partial charge in [-0.15, -0.1) is 0 Å². The molecule has 0 unspecified atom stereocenters. The molecule has 3 aliphatic rings. The zero-order valence-electron chi connectivity index (χ0n) is 51.0. The van der Waals surface area contributed by atoms with Gasteiger partial charge in [-0.2, -0.15) is 0 Å². The Balaban J connectivity index is 1.15. The largest absolute Gasteiger partial charge is 0.459 e. The topological polar surface area (TPSA) is 197 Å². The lowest BCUT2D eigenvalue weighted by atomic mass is 9.77. The average molecular weight is 1150 g/mol. The number of carbonyl (C=O) groups is 2. The highest BCUT2D eigenvalue weighted by atomic mass is 31.1. The molecule has 3 saturated heterocycles. The van der Waals surface area contributed by atoms with E-state index in [0.717, 1.165) is 44.9 Å². The zero-order chi connectivity index (χ0) is 59.4. The van der Waals surface area contributed by atoms with Gasteiger partial charge in [0.2, 0.25) is 5.91 Å². The molecule has 6 rings (SSSR count). The summed E-state index contributed by atoms with van der Waals surface area (Å²) in [6, 6.07) is 29.4. The lowest BCUT2D eigenvalue weighted by Crippen LogP contribution is -2.60. The van der Waals surface area contributed by atoms with Crippen LogP contribution in [0.1, 0.15) is 152 Å². The van der Waals surface area contributed by atoms with Crippen LogP contribution in [0.25, 0.3) is 0 Å². The van der Waals surface area contributed by atoms with Crippen molar-refractivity contribution in [2.45, 2.75) is 243 Å². The second-order valence-electron chi connectivity index (χ2n) is 24.9. The number of unbranched alkanes of at least 4 members (excludes halogenated alkanes) is 6. The molecule has 0 aliphatic carbocycles. The molecule has 0 bridgehead atoms. The fourth-order valence-corrected chi connectivity index (χ4v) is 15.2. The number of hydrogen-bond donors (Lipinski definition) is 5. The molecule has 3 heterocycles. The maximum atomic E-state index is 14.7. The summed E-state index contributed by atoms with van der Waals surface area (Å²) >= 11 is 0. The van der Waals surface area contributed by atoms with Crippen LogP contribution in [0.5, 0.6) is 0 Å². The second-order valence-corrected chi connectivity index (χ2v) is 27.1. The summed E-state index contributed by atoms with van der Waals surface area (Å²) in [6.45, 7) is 17.4. The van der Waals surface area contributed by atoms with Crippen LogP contribution in [0.2, 0.25) is 0 Å². The minimum absolute atomic E-state index is 0.0729. The minimum atomic E-state index is -2.00. The van der Waals surface area contributed by atoms with Gasteiger partial charge in [0.05, 0.1) is 47.6 Å². The van der Waals surface area contributed by atoms with Crippen LogP contribution >= 0.6 is 7.92 Å². The molecule has 3 fully saturated rings. The third kappa shape index (κ3) is 17.2. The maximum Gasteiger partial charge on any atom is 0.311 e. The number of ether oxygens (including phenoxy) is 6. The van der Waals surface area contributed by atoms with E-state index in [1.165, 1.54) is 35.5 Å². The average Bonchev–Trinajstić information content (AvgIpc) is 3.54. The van der Waals surface area contributed by atoms with E-state index in [0.29, 0.717) is 12.8 Å². The van der Waals surface area contributed by atoms with Gasteiger partial charge in [0.15, 0.2) is 12.6 Å². The Bertz CT molecular complexity index is 2320. The van der Waals surface area contributed by atoms with E-state index >= 15 is 0 Å². The lowest BCUT2D eigenvalue weighted by molar-refractivity contribution is -0.318. The third-order valence-electron chi connectivity index (χ3n) is 17.8. The van der Waals surface area contributed by atoms with Crippen LogP contribution in [0, 0.1) is 17.8 Å². The van der Waals surface area contributed by atoms with E-state index in [4.69, 9.17) is 28.4 Å². The van der Waals surface area contributed by atoms with Crippen LogP contribution in [-0.4, -0.2) is 165 Å². The van der Waals surface area contributed by atoms with Gasteiger partial charge in [0, 0.05) is 38.5 Å². The van der Waals surface area contributed by atoms with E-state index < -0.39 is 110 Å². The molecule has 0 aromatic heterocycles. The highest BCUT2D eigenvalue weighted by Crippen LogP contribution is 2.41.